The molecule has 1 saturated heterocycles. The summed E-state index contributed by atoms with van der Waals surface area (Å²) in [4.78, 5) is 4.22. The van der Waals surface area contributed by atoms with E-state index in [4.69, 9.17) is 32.7 Å². The van der Waals surface area contributed by atoms with Gasteiger partial charge in [0, 0.05) is 28.4 Å². The Morgan fingerprint density at radius 1 is 1.23 bits per heavy atom. The number of ether oxygens (including phenoxy) is 2. The average Bonchev–Trinajstić information content (AvgIpc) is 2.95. The first kappa shape index (κ1) is 15.8. The fourth-order valence-corrected chi connectivity index (χ4v) is 3.31. The normalized spacial score (nSPS) is 18.3. The first-order valence-electron chi connectivity index (χ1n) is 7.20. The lowest BCUT2D eigenvalue weighted by molar-refractivity contribution is -0.160. The van der Waals surface area contributed by atoms with Gasteiger partial charge in [0.25, 0.3) is 0 Å². The van der Waals surface area contributed by atoms with Crippen molar-refractivity contribution in [3.63, 3.8) is 0 Å². The molecule has 0 amide bonds. The highest BCUT2D eigenvalue weighted by Gasteiger charge is 2.41. The first-order valence-corrected chi connectivity index (χ1v) is 7.96. The van der Waals surface area contributed by atoms with Gasteiger partial charge in [0.15, 0.2) is 5.79 Å². The molecule has 5 heteroatoms. The molecule has 0 radical (unpaired) electrons. The summed E-state index contributed by atoms with van der Waals surface area (Å²) in [6.45, 7) is 3.17. The van der Waals surface area contributed by atoms with Gasteiger partial charge in [-0.25, -0.2) is 0 Å². The summed E-state index contributed by atoms with van der Waals surface area (Å²) in [7, 11) is 0. The minimum absolute atomic E-state index is 0.00220. The fourth-order valence-electron chi connectivity index (χ4n) is 2.83. The Morgan fingerprint density at radius 2 is 2.00 bits per heavy atom. The van der Waals surface area contributed by atoms with Gasteiger partial charge in [-0.2, -0.15) is 0 Å². The van der Waals surface area contributed by atoms with Gasteiger partial charge in [0.2, 0.25) is 0 Å². The van der Waals surface area contributed by atoms with Crippen molar-refractivity contribution in [3.05, 3.63) is 63.9 Å². The molecule has 0 spiro atoms. The molecule has 2 aromatic rings. The molecular formula is C17H17Cl2NO2. The zero-order chi connectivity index (χ0) is 15.6. The molecule has 2 heterocycles. The number of hydrogen-bond donors (Lipinski definition) is 0. The van der Waals surface area contributed by atoms with Gasteiger partial charge < -0.3 is 9.47 Å². The van der Waals surface area contributed by atoms with Crippen molar-refractivity contribution in [1.29, 1.82) is 0 Å². The average molecular weight is 338 g/mol. The minimum Gasteiger partial charge on any atom is -0.347 e. The van der Waals surface area contributed by atoms with Gasteiger partial charge in [-0.15, -0.1) is 0 Å². The lowest BCUT2D eigenvalue weighted by Gasteiger charge is -2.32. The molecule has 0 saturated carbocycles. The molecule has 3 nitrogen and oxygen atoms in total. The van der Waals surface area contributed by atoms with Crippen molar-refractivity contribution in [3.8, 4) is 0 Å². The molecule has 22 heavy (non-hydrogen) atoms. The van der Waals surface area contributed by atoms with E-state index in [-0.39, 0.29) is 5.92 Å². The van der Waals surface area contributed by atoms with Crippen LogP contribution >= 0.6 is 23.2 Å². The maximum Gasteiger partial charge on any atom is 0.172 e. The van der Waals surface area contributed by atoms with Crippen LogP contribution in [0.2, 0.25) is 10.0 Å². The van der Waals surface area contributed by atoms with E-state index >= 15 is 0 Å². The Morgan fingerprint density at radius 3 is 2.64 bits per heavy atom. The zero-order valence-corrected chi connectivity index (χ0v) is 13.8. The second kappa shape index (κ2) is 6.55. The highest BCUT2D eigenvalue weighted by Crippen LogP contribution is 2.39. The maximum absolute atomic E-state index is 6.33. The highest BCUT2D eigenvalue weighted by atomic mass is 35.5. The number of benzene rings is 1. The third kappa shape index (κ3) is 3.28. The number of nitrogens with zero attached hydrogens (tertiary/aromatic N) is 1. The standard InChI is InChI=1S/C17H17Cl2NO2/c1-17(21-7-8-22-17)15(13-3-2-6-20-11-13)9-12-4-5-14(18)10-16(12)19/h2-6,10-11,15H,7-9H2,1H3. The van der Waals surface area contributed by atoms with Crippen molar-refractivity contribution >= 4 is 23.2 Å². The van der Waals surface area contributed by atoms with Crippen LogP contribution in [0.25, 0.3) is 0 Å². The van der Waals surface area contributed by atoms with E-state index in [9.17, 15) is 0 Å². The predicted molar refractivity (Wildman–Crippen MR) is 87.5 cm³/mol. The van der Waals surface area contributed by atoms with E-state index in [0.29, 0.717) is 29.7 Å². The van der Waals surface area contributed by atoms with Crippen LogP contribution in [-0.2, 0) is 15.9 Å². The number of aromatic nitrogens is 1. The number of halogens is 2. The second-order valence-electron chi connectivity index (χ2n) is 5.49. The van der Waals surface area contributed by atoms with Crippen LogP contribution in [-0.4, -0.2) is 24.0 Å². The summed E-state index contributed by atoms with van der Waals surface area (Å²) in [5, 5.41) is 1.29. The SMILES string of the molecule is CC1(C(Cc2ccc(Cl)cc2Cl)c2cccnc2)OCCO1. The monoisotopic (exact) mass is 337 g/mol. The van der Waals surface area contributed by atoms with Crippen LogP contribution < -0.4 is 0 Å². The molecule has 1 fully saturated rings. The third-order valence-corrected chi connectivity index (χ3v) is 4.61. The van der Waals surface area contributed by atoms with Gasteiger partial charge >= 0.3 is 0 Å². The van der Waals surface area contributed by atoms with Crippen LogP contribution in [0.3, 0.4) is 0 Å². The van der Waals surface area contributed by atoms with E-state index in [2.05, 4.69) is 4.98 Å². The van der Waals surface area contributed by atoms with E-state index in [0.717, 1.165) is 11.1 Å². The molecular weight excluding hydrogens is 321 g/mol. The van der Waals surface area contributed by atoms with Crippen molar-refractivity contribution < 1.29 is 9.47 Å². The van der Waals surface area contributed by atoms with E-state index in [1.807, 2.05) is 37.4 Å². The summed E-state index contributed by atoms with van der Waals surface area (Å²) in [6, 6.07) is 9.52. The predicted octanol–water partition coefficient (Wildman–Crippen LogP) is 4.48. The Hall–Kier alpha value is -1.13. The van der Waals surface area contributed by atoms with Crippen molar-refractivity contribution in [2.24, 2.45) is 0 Å². The molecule has 1 unspecified atom stereocenters. The van der Waals surface area contributed by atoms with E-state index in [1.54, 1.807) is 12.3 Å². The molecule has 1 aromatic carbocycles. The Bertz CT molecular complexity index is 642. The summed E-state index contributed by atoms with van der Waals surface area (Å²) in [5.74, 6) is -0.672. The zero-order valence-electron chi connectivity index (χ0n) is 12.3. The molecule has 1 aliphatic heterocycles. The lowest BCUT2D eigenvalue weighted by atomic mass is 9.86. The van der Waals surface area contributed by atoms with Gasteiger partial charge in [0.05, 0.1) is 13.2 Å². The molecule has 1 aliphatic rings. The largest absolute Gasteiger partial charge is 0.347 e. The van der Waals surface area contributed by atoms with Crippen LogP contribution in [0, 0.1) is 0 Å². The topological polar surface area (TPSA) is 31.4 Å². The maximum atomic E-state index is 6.33. The number of hydrogen-bond acceptors (Lipinski definition) is 3. The van der Waals surface area contributed by atoms with Crippen LogP contribution in [0.1, 0.15) is 24.0 Å². The Balaban J connectivity index is 1.95. The van der Waals surface area contributed by atoms with Crippen molar-refractivity contribution in [1.82, 2.24) is 4.98 Å². The van der Waals surface area contributed by atoms with Crippen LogP contribution in [0.5, 0.6) is 0 Å². The molecule has 1 atom stereocenters. The molecule has 0 aliphatic carbocycles. The van der Waals surface area contributed by atoms with Crippen LogP contribution in [0.15, 0.2) is 42.7 Å². The minimum atomic E-state index is -0.675. The molecule has 0 N–H and O–H groups in total. The molecule has 3 rings (SSSR count). The molecule has 116 valence electrons. The fraction of sp³-hybridized carbons (Fsp3) is 0.353. The van der Waals surface area contributed by atoms with E-state index in [1.165, 1.54) is 0 Å². The van der Waals surface area contributed by atoms with E-state index < -0.39 is 5.79 Å². The second-order valence-corrected chi connectivity index (χ2v) is 6.34. The summed E-state index contributed by atoms with van der Waals surface area (Å²) >= 11 is 12.3. The smallest absolute Gasteiger partial charge is 0.172 e. The van der Waals surface area contributed by atoms with Gasteiger partial charge in [-0.1, -0.05) is 35.3 Å². The third-order valence-electron chi connectivity index (χ3n) is 4.02. The lowest BCUT2D eigenvalue weighted by Crippen LogP contribution is -2.35. The van der Waals surface area contributed by atoms with Crippen LogP contribution in [0.4, 0.5) is 0 Å². The Kier molecular flexibility index (Phi) is 4.69. The first-order chi connectivity index (χ1) is 10.6. The van der Waals surface area contributed by atoms with Gasteiger partial charge in [-0.3, -0.25) is 4.98 Å². The summed E-state index contributed by atoms with van der Waals surface area (Å²) in [6.07, 6.45) is 4.30. The quantitative estimate of drug-likeness (QED) is 0.824. The molecule has 0 bridgehead atoms. The number of rotatable bonds is 4. The molecule has 1 aromatic heterocycles. The van der Waals surface area contributed by atoms with Crippen molar-refractivity contribution in [2.45, 2.75) is 25.0 Å². The Labute approximate surface area is 140 Å². The van der Waals surface area contributed by atoms with Gasteiger partial charge in [-0.05, 0) is 42.7 Å². The highest BCUT2D eigenvalue weighted by molar-refractivity contribution is 6.35. The van der Waals surface area contributed by atoms with Crippen molar-refractivity contribution in [2.75, 3.05) is 13.2 Å². The van der Waals surface area contributed by atoms with Gasteiger partial charge in [0.1, 0.15) is 0 Å². The number of pyridine rings is 1. The summed E-state index contributed by atoms with van der Waals surface area (Å²) in [5.41, 5.74) is 2.08. The summed E-state index contributed by atoms with van der Waals surface area (Å²) < 4.78 is 11.7.